The number of benzene rings is 1. The number of hydrogen-bond donors (Lipinski definition) is 2. The van der Waals surface area contributed by atoms with Crippen LogP contribution in [0.25, 0.3) is 0 Å². The van der Waals surface area contributed by atoms with Crippen LogP contribution >= 0.6 is 0 Å². The molecule has 0 fully saturated rings. The molecule has 0 amide bonds. The van der Waals surface area contributed by atoms with Crippen LogP contribution in [0.3, 0.4) is 0 Å². The third-order valence-corrected chi connectivity index (χ3v) is 0.882. The molecular weight excluding hydrogens is 182 g/mol. The van der Waals surface area contributed by atoms with Gasteiger partial charge in [-0.1, -0.05) is 12.1 Å². The van der Waals surface area contributed by atoms with Gasteiger partial charge in [0, 0.05) is 0 Å². The van der Waals surface area contributed by atoms with Crippen LogP contribution in [0.2, 0.25) is 0 Å². The fraction of sp³-hybridized carbons (Fsp3) is 0. The Labute approximate surface area is 145 Å². The fourth-order valence-electron chi connectivity index (χ4n) is 0.464. The summed E-state index contributed by atoms with van der Waals surface area (Å²) in [4.78, 5) is 0. The summed E-state index contributed by atoms with van der Waals surface area (Å²) in [5.41, 5.74) is 0. The molecular formula is C6H8K2O2. The van der Waals surface area contributed by atoms with Crippen LogP contribution in [-0.4, -0.2) is 113 Å². The summed E-state index contributed by atoms with van der Waals surface area (Å²) in [6.45, 7) is 0. The van der Waals surface area contributed by atoms with Crippen LogP contribution in [0.1, 0.15) is 0 Å². The van der Waals surface area contributed by atoms with Gasteiger partial charge in [0.05, 0.1) is 0 Å². The maximum atomic E-state index is 8.67. The van der Waals surface area contributed by atoms with Crippen LogP contribution in [0, 0.1) is 0 Å². The fourth-order valence-corrected chi connectivity index (χ4v) is 0.464. The van der Waals surface area contributed by atoms with Crippen molar-refractivity contribution in [3.63, 3.8) is 0 Å². The second-order valence-electron chi connectivity index (χ2n) is 1.49. The van der Waals surface area contributed by atoms with Crippen LogP contribution in [-0.2, 0) is 0 Å². The SMILES string of the molecule is Oc1ccccc1O.[KH].[KH]. The van der Waals surface area contributed by atoms with Crippen molar-refractivity contribution >= 4 is 103 Å². The van der Waals surface area contributed by atoms with Crippen molar-refractivity contribution in [2.24, 2.45) is 0 Å². The van der Waals surface area contributed by atoms with Crippen molar-refractivity contribution in [2.45, 2.75) is 0 Å². The van der Waals surface area contributed by atoms with Gasteiger partial charge in [0.2, 0.25) is 0 Å². The maximum absolute atomic E-state index is 8.67. The van der Waals surface area contributed by atoms with E-state index in [1.54, 1.807) is 12.1 Å². The summed E-state index contributed by atoms with van der Waals surface area (Å²) in [5.74, 6) is -0.153. The molecule has 0 aromatic heterocycles. The summed E-state index contributed by atoms with van der Waals surface area (Å²) in [7, 11) is 0. The third kappa shape index (κ3) is 4.87. The van der Waals surface area contributed by atoms with Crippen molar-refractivity contribution in [3.05, 3.63) is 24.3 Å². The minimum atomic E-state index is -0.0764. The molecule has 0 saturated carbocycles. The molecule has 0 heterocycles. The molecule has 2 N–H and O–H groups in total. The van der Waals surface area contributed by atoms with E-state index >= 15 is 0 Å². The molecule has 0 bridgehead atoms. The van der Waals surface area contributed by atoms with E-state index < -0.39 is 0 Å². The van der Waals surface area contributed by atoms with Gasteiger partial charge in [0.25, 0.3) is 0 Å². The summed E-state index contributed by atoms with van der Waals surface area (Å²) in [5, 5.41) is 17.3. The van der Waals surface area contributed by atoms with Crippen LogP contribution < -0.4 is 0 Å². The molecule has 0 aliphatic carbocycles. The van der Waals surface area contributed by atoms with E-state index in [4.69, 9.17) is 10.2 Å². The van der Waals surface area contributed by atoms with Crippen molar-refractivity contribution in [1.82, 2.24) is 0 Å². The van der Waals surface area contributed by atoms with E-state index in [0.717, 1.165) is 0 Å². The van der Waals surface area contributed by atoms with Gasteiger partial charge in [-0.25, -0.2) is 0 Å². The van der Waals surface area contributed by atoms with Gasteiger partial charge in [-0.2, -0.15) is 0 Å². The average molecular weight is 190 g/mol. The molecule has 0 saturated heterocycles. The number of rotatable bonds is 0. The Morgan fingerprint density at radius 2 is 1.10 bits per heavy atom. The molecule has 46 valence electrons. The first kappa shape index (κ1) is 14.6. The first-order valence-electron chi connectivity index (χ1n) is 2.27. The van der Waals surface area contributed by atoms with Crippen LogP contribution in [0.4, 0.5) is 0 Å². The summed E-state index contributed by atoms with van der Waals surface area (Å²) in [6, 6.07) is 6.15. The van der Waals surface area contributed by atoms with Gasteiger partial charge in [0.15, 0.2) is 11.5 Å². The van der Waals surface area contributed by atoms with Gasteiger partial charge < -0.3 is 10.2 Å². The predicted octanol–water partition coefficient (Wildman–Crippen LogP) is -0.199. The molecule has 0 unspecified atom stereocenters. The Hall–Kier alpha value is 2.09. The van der Waals surface area contributed by atoms with Gasteiger partial charge in [-0.15, -0.1) is 0 Å². The topological polar surface area (TPSA) is 40.5 Å². The Morgan fingerprint density at radius 3 is 1.30 bits per heavy atom. The van der Waals surface area contributed by atoms with Gasteiger partial charge >= 0.3 is 103 Å². The average Bonchev–Trinajstić information content (AvgIpc) is 1.77. The van der Waals surface area contributed by atoms with E-state index in [9.17, 15) is 0 Å². The molecule has 1 aromatic carbocycles. The molecule has 10 heavy (non-hydrogen) atoms. The molecule has 1 rings (SSSR count). The first-order chi connectivity index (χ1) is 3.80. The second-order valence-corrected chi connectivity index (χ2v) is 1.49. The standard InChI is InChI=1S/C6H6O2.2K.2H/c7-5-3-1-2-4-6(5)8;;;;/h1-4,7-8H;;;;. The van der Waals surface area contributed by atoms with Crippen molar-refractivity contribution in [2.75, 3.05) is 0 Å². The molecule has 0 spiro atoms. The zero-order valence-electron chi connectivity index (χ0n) is 4.20. The molecule has 2 nitrogen and oxygen atoms in total. The molecule has 4 heteroatoms. The number of phenolic OH excluding ortho intramolecular Hbond substituents is 2. The van der Waals surface area contributed by atoms with Crippen molar-refractivity contribution in [3.8, 4) is 11.5 Å². The van der Waals surface area contributed by atoms with Crippen molar-refractivity contribution < 1.29 is 10.2 Å². The molecule has 0 aliphatic heterocycles. The zero-order valence-corrected chi connectivity index (χ0v) is 4.20. The summed E-state index contributed by atoms with van der Waals surface area (Å²) >= 11 is 0. The zero-order chi connectivity index (χ0) is 5.98. The Bertz CT molecular complexity index is 170. The molecule has 1 aromatic rings. The second kappa shape index (κ2) is 7.73. The summed E-state index contributed by atoms with van der Waals surface area (Å²) < 4.78 is 0. The van der Waals surface area contributed by atoms with E-state index in [0.29, 0.717) is 0 Å². The third-order valence-electron chi connectivity index (χ3n) is 0.882. The quantitative estimate of drug-likeness (QED) is 0.439. The van der Waals surface area contributed by atoms with Crippen LogP contribution in [0.5, 0.6) is 11.5 Å². The molecule has 0 atom stereocenters. The number of hydrogen-bond acceptors (Lipinski definition) is 2. The summed E-state index contributed by atoms with van der Waals surface area (Å²) in [6.07, 6.45) is 0. The van der Waals surface area contributed by atoms with Gasteiger partial charge in [-0.05, 0) is 12.1 Å². The van der Waals surface area contributed by atoms with E-state index in [-0.39, 0.29) is 114 Å². The van der Waals surface area contributed by atoms with Crippen LogP contribution in [0.15, 0.2) is 24.3 Å². The minimum absolute atomic E-state index is 0. The van der Waals surface area contributed by atoms with Crippen molar-refractivity contribution in [1.29, 1.82) is 0 Å². The van der Waals surface area contributed by atoms with E-state index in [1.807, 2.05) is 0 Å². The number of para-hydroxylation sites is 2. The first-order valence-corrected chi connectivity index (χ1v) is 2.27. The Kier molecular flexibility index (Phi) is 11.3. The Balaban J connectivity index is 0. The molecule has 0 radical (unpaired) electrons. The Morgan fingerprint density at radius 1 is 0.800 bits per heavy atom. The number of aromatic hydroxyl groups is 2. The predicted molar refractivity (Wildman–Crippen MR) is 44.1 cm³/mol. The molecule has 0 aliphatic rings. The van der Waals surface area contributed by atoms with Gasteiger partial charge in [0.1, 0.15) is 0 Å². The normalized spacial score (nSPS) is 7.20. The van der Waals surface area contributed by atoms with E-state index in [1.165, 1.54) is 12.1 Å². The van der Waals surface area contributed by atoms with E-state index in [2.05, 4.69) is 0 Å². The monoisotopic (exact) mass is 190 g/mol. The number of phenols is 2. The van der Waals surface area contributed by atoms with Gasteiger partial charge in [-0.3, -0.25) is 0 Å².